The molecule has 2 rings (SSSR count). The van der Waals surface area contributed by atoms with E-state index in [9.17, 15) is 9.59 Å². The van der Waals surface area contributed by atoms with E-state index in [0.717, 1.165) is 16.9 Å². The summed E-state index contributed by atoms with van der Waals surface area (Å²) in [6.45, 7) is 2.46. The van der Waals surface area contributed by atoms with Crippen LogP contribution in [0.4, 0.5) is 0 Å². The number of aromatic nitrogens is 2. The fourth-order valence-electron chi connectivity index (χ4n) is 1.69. The number of carbonyl (C=O) groups excluding carboxylic acids is 2. The second-order valence-corrected chi connectivity index (χ2v) is 5.13. The molecule has 2 heterocycles. The van der Waals surface area contributed by atoms with Gasteiger partial charge < -0.3 is 9.64 Å². The maximum Gasteiger partial charge on any atom is 0.367 e. The molecule has 0 aliphatic rings. The second kappa shape index (κ2) is 6.94. The molecule has 0 saturated carbocycles. The van der Waals surface area contributed by atoms with Gasteiger partial charge in [0.05, 0.1) is 6.61 Å². The Labute approximate surface area is 126 Å². The lowest BCUT2D eigenvalue weighted by Gasteiger charge is -2.15. The molecular weight excluding hydrogens is 290 g/mol. The summed E-state index contributed by atoms with van der Waals surface area (Å²) >= 11 is 1.11. The number of esters is 1. The van der Waals surface area contributed by atoms with Gasteiger partial charge in [-0.25, -0.2) is 9.78 Å². The van der Waals surface area contributed by atoms with E-state index in [1.165, 1.54) is 0 Å². The van der Waals surface area contributed by atoms with Crippen LogP contribution in [0.25, 0.3) is 0 Å². The van der Waals surface area contributed by atoms with Crippen LogP contribution in [0.1, 0.15) is 32.8 Å². The normalized spacial score (nSPS) is 10.2. The van der Waals surface area contributed by atoms with Crippen molar-refractivity contribution < 1.29 is 14.3 Å². The summed E-state index contributed by atoms with van der Waals surface area (Å²) in [5.74, 6) is -0.739. The third-order valence-electron chi connectivity index (χ3n) is 2.69. The molecule has 0 radical (unpaired) electrons. The first kappa shape index (κ1) is 15.1. The summed E-state index contributed by atoms with van der Waals surface area (Å²) in [6, 6.07) is 3.68. The molecule has 6 nitrogen and oxygen atoms in total. The average Bonchev–Trinajstić information content (AvgIpc) is 2.97. The van der Waals surface area contributed by atoms with E-state index in [1.54, 1.807) is 36.6 Å². The Morgan fingerprint density at radius 2 is 2.05 bits per heavy atom. The van der Waals surface area contributed by atoms with Crippen molar-refractivity contribution in [3.8, 4) is 0 Å². The molecule has 7 heteroatoms. The van der Waals surface area contributed by atoms with Gasteiger partial charge in [0, 0.05) is 31.4 Å². The molecule has 0 unspecified atom stereocenters. The van der Waals surface area contributed by atoms with Gasteiger partial charge in [-0.05, 0) is 24.6 Å². The number of hydrogen-bond donors (Lipinski definition) is 0. The van der Waals surface area contributed by atoms with E-state index in [0.29, 0.717) is 6.54 Å². The molecular formula is C14H15N3O3S. The number of nitrogens with zero attached hydrogens (tertiary/aromatic N) is 3. The smallest absolute Gasteiger partial charge is 0.367 e. The minimum Gasteiger partial charge on any atom is -0.461 e. The van der Waals surface area contributed by atoms with Crippen LogP contribution in [0.2, 0.25) is 0 Å². The Balaban J connectivity index is 2.04. The van der Waals surface area contributed by atoms with Crippen LogP contribution in [-0.4, -0.2) is 40.4 Å². The van der Waals surface area contributed by atoms with Crippen LogP contribution in [0, 0.1) is 0 Å². The predicted molar refractivity (Wildman–Crippen MR) is 78.1 cm³/mol. The average molecular weight is 305 g/mol. The Morgan fingerprint density at radius 3 is 2.71 bits per heavy atom. The lowest BCUT2D eigenvalue weighted by atomic mass is 10.2. The number of pyridine rings is 1. The second-order valence-electron chi connectivity index (χ2n) is 4.28. The fraction of sp³-hybridized carbons (Fsp3) is 0.286. The zero-order valence-corrected chi connectivity index (χ0v) is 12.6. The zero-order chi connectivity index (χ0) is 15.2. The minimum atomic E-state index is -0.502. The maximum atomic E-state index is 12.2. The Hall–Kier alpha value is -2.28. The van der Waals surface area contributed by atoms with Gasteiger partial charge in [-0.3, -0.25) is 9.78 Å². The summed E-state index contributed by atoms with van der Waals surface area (Å²) in [5, 5.41) is 1.76. The third kappa shape index (κ3) is 3.85. The van der Waals surface area contributed by atoms with Gasteiger partial charge in [0.15, 0.2) is 0 Å². The van der Waals surface area contributed by atoms with Crippen molar-refractivity contribution >= 4 is 23.2 Å². The first-order valence-corrected chi connectivity index (χ1v) is 7.26. The topological polar surface area (TPSA) is 72.4 Å². The number of hydrogen-bond acceptors (Lipinski definition) is 6. The van der Waals surface area contributed by atoms with E-state index in [2.05, 4.69) is 9.97 Å². The maximum absolute atomic E-state index is 12.2. The van der Waals surface area contributed by atoms with E-state index in [1.807, 2.05) is 12.1 Å². The number of thiazole rings is 1. The molecule has 0 aromatic carbocycles. The van der Waals surface area contributed by atoms with Crippen molar-refractivity contribution in [1.29, 1.82) is 0 Å². The quantitative estimate of drug-likeness (QED) is 0.790. The molecule has 0 fully saturated rings. The van der Waals surface area contributed by atoms with Gasteiger partial charge in [0.2, 0.25) is 5.01 Å². The molecule has 0 bridgehead atoms. The van der Waals surface area contributed by atoms with Crippen LogP contribution in [0.3, 0.4) is 0 Å². The molecule has 0 saturated heterocycles. The molecule has 0 aliphatic carbocycles. The summed E-state index contributed by atoms with van der Waals surface area (Å²) < 4.78 is 4.85. The Bertz CT molecular complexity index is 627. The molecule has 21 heavy (non-hydrogen) atoms. The highest BCUT2D eigenvalue weighted by molar-refractivity contribution is 7.11. The highest BCUT2D eigenvalue weighted by atomic mass is 32.1. The van der Waals surface area contributed by atoms with Crippen molar-refractivity contribution in [2.75, 3.05) is 13.7 Å². The number of ether oxygens (including phenoxy) is 1. The van der Waals surface area contributed by atoms with Crippen molar-refractivity contribution in [2.24, 2.45) is 0 Å². The summed E-state index contributed by atoms with van der Waals surface area (Å²) in [4.78, 5) is 33.3. The van der Waals surface area contributed by atoms with Crippen LogP contribution >= 0.6 is 11.3 Å². The molecule has 2 aromatic heterocycles. The molecule has 0 N–H and O–H groups in total. The summed E-state index contributed by atoms with van der Waals surface area (Å²) in [7, 11) is 1.69. The highest BCUT2D eigenvalue weighted by Crippen LogP contribution is 2.14. The molecule has 2 aromatic rings. The van der Waals surface area contributed by atoms with Gasteiger partial charge in [-0.1, -0.05) is 0 Å². The lowest BCUT2D eigenvalue weighted by molar-refractivity contribution is 0.0526. The number of amides is 1. The first-order valence-electron chi connectivity index (χ1n) is 6.38. The van der Waals surface area contributed by atoms with Gasteiger partial charge in [-0.2, -0.15) is 0 Å². The fourth-order valence-corrected chi connectivity index (χ4v) is 2.37. The minimum absolute atomic E-state index is 0.192. The van der Waals surface area contributed by atoms with Gasteiger partial charge in [-0.15, -0.1) is 11.3 Å². The molecule has 0 aliphatic heterocycles. The highest BCUT2D eigenvalue weighted by Gasteiger charge is 2.19. The van der Waals surface area contributed by atoms with E-state index in [4.69, 9.17) is 4.74 Å². The Morgan fingerprint density at radius 1 is 1.33 bits per heavy atom. The summed E-state index contributed by atoms with van der Waals surface area (Å²) in [5.41, 5.74) is 1.22. The Kier molecular flexibility index (Phi) is 4.99. The first-order chi connectivity index (χ1) is 10.1. The zero-order valence-electron chi connectivity index (χ0n) is 11.8. The van der Waals surface area contributed by atoms with Gasteiger partial charge in [0.25, 0.3) is 5.91 Å². The lowest BCUT2D eigenvalue weighted by Crippen LogP contribution is -2.26. The standard InChI is InChI=1S/C14H15N3O3S/c1-3-20-14(19)12-16-11(9-21-12)13(18)17(2)8-10-4-6-15-7-5-10/h4-7,9H,3,8H2,1-2H3. The monoisotopic (exact) mass is 305 g/mol. The number of rotatable bonds is 5. The van der Waals surface area contributed by atoms with Crippen LogP contribution in [-0.2, 0) is 11.3 Å². The van der Waals surface area contributed by atoms with Crippen LogP contribution in [0.15, 0.2) is 29.9 Å². The van der Waals surface area contributed by atoms with Gasteiger partial charge >= 0.3 is 5.97 Å². The van der Waals surface area contributed by atoms with Crippen LogP contribution < -0.4 is 0 Å². The third-order valence-corrected chi connectivity index (χ3v) is 3.51. The summed E-state index contributed by atoms with van der Waals surface area (Å²) in [6.07, 6.45) is 3.35. The van der Waals surface area contributed by atoms with Crippen molar-refractivity contribution in [2.45, 2.75) is 13.5 Å². The molecule has 110 valence electrons. The van der Waals surface area contributed by atoms with Crippen molar-refractivity contribution in [3.05, 3.63) is 46.2 Å². The van der Waals surface area contributed by atoms with E-state index in [-0.39, 0.29) is 23.2 Å². The van der Waals surface area contributed by atoms with Crippen molar-refractivity contribution in [1.82, 2.24) is 14.9 Å². The molecule has 0 spiro atoms. The number of carbonyl (C=O) groups is 2. The predicted octanol–water partition coefficient (Wildman–Crippen LogP) is 1.99. The SMILES string of the molecule is CCOC(=O)c1nc(C(=O)N(C)Cc2ccncc2)cs1. The van der Waals surface area contributed by atoms with E-state index >= 15 is 0 Å². The van der Waals surface area contributed by atoms with E-state index < -0.39 is 5.97 Å². The van der Waals surface area contributed by atoms with Gasteiger partial charge in [0.1, 0.15) is 5.69 Å². The van der Waals surface area contributed by atoms with Crippen LogP contribution in [0.5, 0.6) is 0 Å². The molecule has 1 amide bonds. The van der Waals surface area contributed by atoms with Crippen molar-refractivity contribution in [3.63, 3.8) is 0 Å². The molecule has 0 atom stereocenters. The largest absolute Gasteiger partial charge is 0.461 e.